The van der Waals surface area contributed by atoms with E-state index in [9.17, 15) is 9.59 Å². The molecule has 1 amide bonds. The third-order valence-electron chi connectivity index (χ3n) is 3.24. The zero-order valence-electron chi connectivity index (χ0n) is 12.4. The first kappa shape index (κ1) is 15.8. The fraction of sp³-hybridized carbons (Fsp3) is 0.400. The second-order valence-corrected chi connectivity index (χ2v) is 5.11. The molecule has 2 heterocycles. The fourth-order valence-electron chi connectivity index (χ4n) is 2.05. The number of hydrogen-bond donors (Lipinski definition) is 2. The Morgan fingerprint density at radius 3 is 2.91 bits per heavy atom. The fourth-order valence-corrected chi connectivity index (χ4v) is 2.05. The van der Waals surface area contributed by atoms with Crippen molar-refractivity contribution < 1.29 is 19.1 Å². The summed E-state index contributed by atoms with van der Waals surface area (Å²) in [5.41, 5.74) is -0.0211. The van der Waals surface area contributed by atoms with Gasteiger partial charge < -0.3 is 14.8 Å². The van der Waals surface area contributed by atoms with Gasteiger partial charge in [-0.15, -0.1) is 0 Å². The summed E-state index contributed by atoms with van der Waals surface area (Å²) >= 11 is 0. The van der Waals surface area contributed by atoms with Gasteiger partial charge in [0.15, 0.2) is 5.69 Å². The van der Waals surface area contributed by atoms with Crippen molar-refractivity contribution in [1.82, 2.24) is 15.1 Å². The van der Waals surface area contributed by atoms with Gasteiger partial charge in [0.2, 0.25) is 5.91 Å². The number of nitrogens with one attached hydrogen (secondary N) is 1. The normalized spacial score (nSPS) is 12.0. The number of rotatable bonds is 8. The number of carbonyl (C=O) groups is 2. The van der Waals surface area contributed by atoms with E-state index in [1.807, 2.05) is 19.1 Å². The molecule has 0 aromatic carbocycles. The van der Waals surface area contributed by atoms with Crippen LogP contribution in [-0.4, -0.2) is 32.8 Å². The van der Waals surface area contributed by atoms with Crippen LogP contribution in [0.3, 0.4) is 0 Å². The quantitative estimate of drug-likeness (QED) is 0.773. The summed E-state index contributed by atoms with van der Waals surface area (Å²) in [4.78, 5) is 22.5. The molecule has 1 atom stereocenters. The molecule has 2 aromatic rings. The zero-order chi connectivity index (χ0) is 15.9. The second kappa shape index (κ2) is 7.44. The number of hydrogen-bond acceptors (Lipinski definition) is 4. The lowest BCUT2D eigenvalue weighted by Gasteiger charge is -2.13. The predicted octanol–water partition coefficient (Wildman–Crippen LogP) is 1.70. The van der Waals surface area contributed by atoms with E-state index in [2.05, 4.69) is 10.4 Å². The smallest absolute Gasteiger partial charge is 0.356 e. The molecule has 2 aromatic heterocycles. The third-order valence-corrected chi connectivity index (χ3v) is 3.24. The Morgan fingerprint density at radius 1 is 1.45 bits per heavy atom. The van der Waals surface area contributed by atoms with E-state index in [1.165, 1.54) is 10.7 Å². The molecule has 0 bridgehead atoms. The van der Waals surface area contributed by atoms with Crippen LogP contribution in [-0.2, 0) is 17.8 Å². The number of carbonyl (C=O) groups excluding carboxylic acids is 1. The van der Waals surface area contributed by atoms with E-state index in [-0.39, 0.29) is 24.1 Å². The van der Waals surface area contributed by atoms with E-state index in [0.717, 1.165) is 18.6 Å². The Balaban J connectivity index is 1.69. The van der Waals surface area contributed by atoms with E-state index < -0.39 is 5.97 Å². The van der Waals surface area contributed by atoms with Crippen LogP contribution in [0.2, 0.25) is 0 Å². The lowest BCUT2D eigenvalue weighted by molar-refractivity contribution is -0.122. The number of carboxylic acid groups (broad SMARTS) is 1. The lowest BCUT2D eigenvalue weighted by Crippen LogP contribution is -2.33. The van der Waals surface area contributed by atoms with Crippen molar-refractivity contribution in [2.75, 3.05) is 0 Å². The minimum absolute atomic E-state index is 0.0211. The van der Waals surface area contributed by atoms with Crippen LogP contribution in [0.1, 0.15) is 36.0 Å². The summed E-state index contributed by atoms with van der Waals surface area (Å²) in [7, 11) is 0. The lowest BCUT2D eigenvalue weighted by atomic mass is 10.1. The standard InChI is InChI=1S/C15H19N3O4/c1-11(4-5-12-3-2-10-22-12)16-14(19)7-9-18-8-6-13(17-18)15(20)21/h2-3,6,8,10-11H,4-5,7,9H2,1H3,(H,16,19)(H,20,21). The molecule has 0 fully saturated rings. The topological polar surface area (TPSA) is 97.4 Å². The van der Waals surface area contributed by atoms with Gasteiger partial charge in [-0.2, -0.15) is 5.10 Å². The third kappa shape index (κ3) is 4.76. The number of aromatic carboxylic acids is 1. The maximum atomic E-state index is 11.8. The van der Waals surface area contributed by atoms with Crippen LogP contribution in [0.4, 0.5) is 0 Å². The summed E-state index contributed by atoms with van der Waals surface area (Å²) in [5.74, 6) is -0.257. The van der Waals surface area contributed by atoms with Crippen molar-refractivity contribution in [1.29, 1.82) is 0 Å². The average Bonchev–Trinajstić information content (AvgIpc) is 3.14. The van der Waals surface area contributed by atoms with E-state index in [4.69, 9.17) is 9.52 Å². The van der Waals surface area contributed by atoms with E-state index >= 15 is 0 Å². The van der Waals surface area contributed by atoms with Crippen molar-refractivity contribution >= 4 is 11.9 Å². The van der Waals surface area contributed by atoms with Crippen LogP contribution in [0.25, 0.3) is 0 Å². The highest BCUT2D eigenvalue weighted by Crippen LogP contribution is 2.06. The number of aryl methyl sites for hydroxylation is 2. The van der Waals surface area contributed by atoms with Crippen molar-refractivity contribution in [3.05, 3.63) is 42.1 Å². The number of carboxylic acids is 1. The van der Waals surface area contributed by atoms with E-state index in [1.54, 1.807) is 12.5 Å². The molecule has 22 heavy (non-hydrogen) atoms. The Kier molecular flexibility index (Phi) is 5.35. The van der Waals surface area contributed by atoms with Gasteiger partial charge in [0.05, 0.1) is 6.26 Å². The predicted molar refractivity (Wildman–Crippen MR) is 78.4 cm³/mol. The highest BCUT2D eigenvalue weighted by Gasteiger charge is 2.10. The second-order valence-electron chi connectivity index (χ2n) is 5.11. The van der Waals surface area contributed by atoms with Crippen molar-refractivity contribution in [2.45, 2.75) is 38.8 Å². The Labute approximate surface area is 127 Å². The maximum Gasteiger partial charge on any atom is 0.356 e. The summed E-state index contributed by atoms with van der Waals surface area (Å²) < 4.78 is 6.70. The first-order valence-electron chi connectivity index (χ1n) is 7.13. The molecule has 118 valence electrons. The molecule has 7 heteroatoms. The molecule has 0 aliphatic heterocycles. The molecule has 0 radical (unpaired) electrons. The van der Waals surface area contributed by atoms with Crippen LogP contribution in [0, 0.1) is 0 Å². The maximum absolute atomic E-state index is 11.8. The summed E-state index contributed by atoms with van der Waals surface area (Å²) in [5, 5.41) is 15.5. The summed E-state index contributed by atoms with van der Waals surface area (Å²) in [6, 6.07) is 5.21. The van der Waals surface area contributed by atoms with Gasteiger partial charge in [-0.25, -0.2) is 4.79 Å². The first-order valence-corrected chi connectivity index (χ1v) is 7.13. The number of furan rings is 1. The molecule has 7 nitrogen and oxygen atoms in total. The molecule has 2 rings (SSSR count). The van der Waals surface area contributed by atoms with Crippen LogP contribution in [0.5, 0.6) is 0 Å². The highest BCUT2D eigenvalue weighted by molar-refractivity contribution is 5.85. The molecule has 0 aliphatic carbocycles. The monoisotopic (exact) mass is 305 g/mol. The van der Waals surface area contributed by atoms with Crippen molar-refractivity contribution in [2.24, 2.45) is 0 Å². The van der Waals surface area contributed by atoms with Gasteiger partial charge in [0, 0.05) is 31.6 Å². The summed E-state index contributed by atoms with van der Waals surface area (Å²) in [6.45, 7) is 2.29. The van der Waals surface area contributed by atoms with Gasteiger partial charge in [-0.1, -0.05) is 0 Å². The van der Waals surface area contributed by atoms with E-state index in [0.29, 0.717) is 6.54 Å². The van der Waals surface area contributed by atoms with Crippen LogP contribution < -0.4 is 5.32 Å². The zero-order valence-corrected chi connectivity index (χ0v) is 12.4. The Morgan fingerprint density at radius 2 is 2.27 bits per heavy atom. The molecular formula is C15H19N3O4. The molecular weight excluding hydrogens is 286 g/mol. The van der Waals surface area contributed by atoms with Crippen LogP contribution >= 0.6 is 0 Å². The van der Waals surface area contributed by atoms with Crippen molar-refractivity contribution in [3.63, 3.8) is 0 Å². The molecule has 0 saturated heterocycles. The average molecular weight is 305 g/mol. The highest BCUT2D eigenvalue weighted by atomic mass is 16.4. The SMILES string of the molecule is CC(CCc1ccco1)NC(=O)CCn1ccc(C(=O)O)n1. The van der Waals surface area contributed by atoms with Gasteiger partial charge >= 0.3 is 5.97 Å². The van der Waals surface area contributed by atoms with Gasteiger partial charge in [-0.3, -0.25) is 9.48 Å². The summed E-state index contributed by atoms with van der Waals surface area (Å²) in [6.07, 6.45) is 5.01. The molecule has 2 N–H and O–H groups in total. The molecule has 0 saturated carbocycles. The minimum atomic E-state index is -1.07. The van der Waals surface area contributed by atoms with Gasteiger partial charge in [0.25, 0.3) is 0 Å². The Hall–Kier alpha value is -2.57. The number of nitrogens with zero attached hydrogens (tertiary/aromatic N) is 2. The van der Waals surface area contributed by atoms with Gasteiger partial charge in [0.1, 0.15) is 5.76 Å². The minimum Gasteiger partial charge on any atom is -0.476 e. The van der Waals surface area contributed by atoms with Gasteiger partial charge in [-0.05, 0) is 31.5 Å². The molecule has 0 aliphatic rings. The van der Waals surface area contributed by atoms with Crippen LogP contribution in [0.15, 0.2) is 35.1 Å². The molecule has 1 unspecified atom stereocenters. The van der Waals surface area contributed by atoms with Crippen molar-refractivity contribution in [3.8, 4) is 0 Å². The largest absolute Gasteiger partial charge is 0.476 e. The molecule has 0 spiro atoms. The number of amides is 1. The first-order chi connectivity index (χ1) is 10.5. The number of aromatic nitrogens is 2. The Bertz CT molecular complexity index is 619.